The topological polar surface area (TPSA) is 83.6 Å². The van der Waals surface area contributed by atoms with Crippen LogP contribution in [0.5, 0.6) is 5.75 Å². The molecule has 2 aromatic carbocycles. The van der Waals surface area contributed by atoms with Crippen LogP contribution in [-0.2, 0) is 0 Å². The molecular formula is C16H9NO4. The van der Waals surface area contributed by atoms with E-state index in [1.54, 1.807) is 30.3 Å². The molecule has 0 aliphatic heterocycles. The molecule has 0 unspecified atom stereocenters. The summed E-state index contributed by atoms with van der Waals surface area (Å²) in [6, 6.07) is 11.7. The summed E-state index contributed by atoms with van der Waals surface area (Å²) in [6.07, 6.45) is 0. The number of aromatic carboxylic acids is 1. The molecule has 2 heterocycles. The Labute approximate surface area is 118 Å². The Morgan fingerprint density at radius 1 is 1.10 bits per heavy atom. The van der Waals surface area contributed by atoms with Gasteiger partial charge in [0, 0.05) is 16.8 Å². The lowest BCUT2D eigenvalue weighted by molar-refractivity contribution is 0.0700. The first kappa shape index (κ1) is 11.7. The average Bonchev–Trinajstić information content (AvgIpc) is 2.80. The van der Waals surface area contributed by atoms with Crippen LogP contribution >= 0.6 is 0 Å². The molecule has 0 fully saturated rings. The van der Waals surface area contributed by atoms with Crippen molar-refractivity contribution in [3.63, 3.8) is 0 Å². The van der Waals surface area contributed by atoms with E-state index in [1.807, 2.05) is 0 Å². The molecule has 0 saturated carbocycles. The van der Waals surface area contributed by atoms with Crippen molar-refractivity contribution in [2.75, 3.05) is 0 Å². The van der Waals surface area contributed by atoms with Crippen molar-refractivity contribution in [1.82, 2.24) is 4.98 Å². The molecular weight excluding hydrogens is 270 g/mol. The van der Waals surface area contributed by atoms with Gasteiger partial charge in [0.15, 0.2) is 5.58 Å². The monoisotopic (exact) mass is 279 g/mol. The summed E-state index contributed by atoms with van der Waals surface area (Å²) < 4.78 is 5.63. The number of para-hydroxylation sites is 1. The van der Waals surface area contributed by atoms with E-state index in [0.29, 0.717) is 27.4 Å². The highest BCUT2D eigenvalue weighted by Gasteiger charge is 2.20. The lowest BCUT2D eigenvalue weighted by atomic mass is 10.1. The number of rotatable bonds is 1. The number of hydrogen-bond acceptors (Lipinski definition) is 4. The number of carbonyl (C=O) groups is 1. The zero-order valence-electron chi connectivity index (χ0n) is 10.7. The van der Waals surface area contributed by atoms with Gasteiger partial charge in [-0.25, -0.2) is 9.78 Å². The average molecular weight is 279 g/mol. The number of carboxylic acids is 1. The molecule has 0 saturated heterocycles. The van der Waals surface area contributed by atoms with Gasteiger partial charge >= 0.3 is 5.97 Å². The summed E-state index contributed by atoms with van der Waals surface area (Å²) in [5, 5.41) is 20.3. The number of phenols is 1. The molecule has 4 aromatic rings. The summed E-state index contributed by atoms with van der Waals surface area (Å²) in [5.41, 5.74) is 1.81. The summed E-state index contributed by atoms with van der Waals surface area (Å²) >= 11 is 0. The zero-order chi connectivity index (χ0) is 14.6. The van der Waals surface area contributed by atoms with Gasteiger partial charge < -0.3 is 14.6 Å². The summed E-state index contributed by atoms with van der Waals surface area (Å²) in [4.78, 5) is 16.1. The fourth-order valence-corrected chi connectivity index (χ4v) is 2.59. The van der Waals surface area contributed by atoms with E-state index in [2.05, 4.69) is 4.98 Å². The molecule has 2 N–H and O–H groups in total. The van der Waals surface area contributed by atoms with Gasteiger partial charge in [0.05, 0.1) is 5.52 Å². The standard InChI is InChI=1S/C16H9NO4/c18-8-5-6-10-12(7-8)21-15-13(16(19)20)9-3-1-2-4-11(9)17-14(10)15/h1-7,18H,(H,19,20). The molecule has 0 amide bonds. The molecule has 0 spiro atoms. The summed E-state index contributed by atoms with van der Waals surface area (Å²) in [5.74, 6) is -1.01. The lowest BCUT2D eigenvalue weighted by Gasteiger charge is -2.02. The normalized spacial score (nSPS) is 11.4. The zero-order valence-corrected chi connectivity index (χ0v) is 10.7. The van der Waals surface area contributed by atoms with Gasteiger partial charge in [-0.2, -0.15) is 0 Å². The predicted octanol–water partition coefficient (Wildman–Crippen LogP) is 3.54. The van der Waals surface area contributed by atoms with Crippen LogP contribution in [0, 0.1) is 0 Å². The molecule has 0 atom stereocenters. The molecule has 0 aliphatic rings. The Morgan fingerprint density at radius 3 is 2.71 bits per heavy atom. The van der Waals surface area contributed by atoms with E-state index in [4.69, 9.17) is 4.42 Å². The highest BCUT2D eigenvalue weighted by molar-refractivity contribution is 6.17. The molecule has 0 bridgehead atoms. The first-order chi connectivity index (χ1) is 10.1. The molecule has 5 heteroatoms. The van der Waals surface area contributed by atoms with Gasteiger partial charge in [-0.05, 0) is 18.2 Å². The number of aromatic nitrogens is 1. The van der Waals surface area contributed by atoms with Gasteiger partial charge in [0.25, 0.3) is 0 Å². The fraction of sp³-hybridized carbons (Fsp3) is 0. The maximum absolute atomic E-state index is 11.6. The molecule has 2 aromatic heterocycles. The Balaban J connectivity index is 2.31. The quantitative estimate of drug-likeness (QED) is 0.556. The first-order valence-corrected chi connectivity index (χ1v) is 6.32. The molecule has 21 heavy (non-hydrogen) atoms. The van der Waals surface area contributed by atoms with Crippen molar-refractivity contribution >= 4 is 38.9 Å². The minimum Gasteiger partial charge on any atom is -0.508 e. The van der Waals surface area contributed by atoms with Gasteiger partial charge in [-0.1, -0.05) is 18.2 Å². The van der Waals surface area contributed by atoms with Crippen LogP contribution in [0.25, 0.3) is 33.0 Å². The highest BCUT2D eigenvalue weighted by Crippen LogP contribution is 2.34. The van der Waals surface area contributed by atoms with Crippen LogP contribution in [0.1, 0.15) is 10.4 Å². The Hall–Kier alpha value is -3.08. The number of fused-ring (bicyclic) bond motifs is 4. The molecule has 102 valence electrons. The van der Waals surface area contributed by atoms with E-state index in [1.165, 1.54) is 12.1 Å². The number of phenolic OH excluding ortho intramolecular Hbond substituents is 1. The third kappa shape index (κ3) is 1.57. The second kappa shape index (κ2) is 3.96. The third-order valence-corrected chi connectivity index (χ3v) is 3.49. The number of carboxylic acid groups (broad SMARTS) is 1. The van der Waals surface area contributed by atoms with Crippen LogP contribution in [-0.4, -0.2) is 21.2 Å². The number of pyridine rings is 1. The number of furan rings is 1. The molecule has 0 radical (unpaired) electrons. The van der Waals surface area contributed by atoms with Crippen LogP contribution < -0.4 is 0 Å². The van der Waals surface area contributed by atoms with E-state index in [9.17, 15) is 15.0 Å². The van der Waals surface area contributed by atoms with Gasteiger partial charge in [0.1, 0.15) is 22.4 Å². The third-order valence-electron chi connectivity index (χ3n) is 3.49. The van der Waals surface area contributed by atoms with Crippen LogP contribution in [0.2, 0.25) is 0 Å². The smallest absolute Gasteiger partial charge is 0.340 e. The van der Waals surface area contributed by atoms with Crippen molar-refractivity contribution in [1.29, 1.82) is 0 Å². The SMILES string of the molecule is O=C(O)c1c2ccccc2nc2c1oc1cc(O)ccc12. The second-order valence-electron chi connectivity index (χ2n) is 4.77. The van der Waals surface area contributed by atoms with Crippen molar-refractivity contribution < 1.29 is 19.4 Å². The van der Waals surface area contributed by atoms with Crippen molar-refractivity contribution in [3.05, 3.63) is 48.0 Å². The van der Waals surface area contributed by atoms with E-state index < -0.39 is 5.97 Å². The van der Waals surface area contributed by atoms with Crippen LogP contribution in [0.15, 0.2) is 46.9 Å². The van der Waals surface area contributed by atoms with Gasteiger partial charge in [-0.15, -0.1) is 0 Å². The number of aromatic hydroxyl groups is 1. The van der Waals surface area contributed by atoms with Crippen LogP contribution in [0.3, 0.4) is 0 Å². The van der Waals surface area contributed by atoms with Crippen molar-refractivity contribution in [2.24, 2.45) is 0 Å². The van der Waals surface area contributed by atoms with Crippen molar-refractivity contribution in [2.45, 2.75) is 0 Å². The highest BCUT2D eigenvalue weighted by atomic mass is 16.4. The Morgan fingerprint density at radius 2 is 1.90 bits per heavy atom. The summed E-state index contributed by atoms with van der Waals surface area (Å²) in [7, 11) is 0. The van der Waals surface area contributed by atoms with Crippen molar-refractivity contribution in [3.8, 4) is 5.75 Å². The fourth-order valence-electron chi connectivity index (χ4n) is 2.59. The predicted molar refractivity (Wildman–Crippen MR) is 77.6 cm³/mol. The van der Waals surface area contributed by atoms with Gasteiger partial charge in [-0.3, -0.25) is 0 Å². The van der Waals surface area contributed by atoms with Crippen LogP contribution in [0.4, 0.5) is 0 Å². The lowest BCUT2D eigenvalue weighted by Crippen LogP contribution is -1.99. The second-order valence-corrected chi connectivity index (χ2v) is 4.77. The minimum atomic E-state index is -1.07. The first-order valence-electron chi connectivity index (χ1n) is 6.32. The van der Waals surface area contributed by atoms with E-state index in [0.717, 1.165) is 0 Å². The number of hydrogen-bond donors (Lipinski definition) is 2. The Kier molecular flexibility index (Phi) is 2.21. The summed E-state index contributed by atoms with van der Waals surface area (Å²) in [6.45, 7) is 0. The Bertz CT molecular complexity index is 1030. The molecule has 4 rings (SSSR count). The molecule has 5 nitrogen and oxygen atoms in total. The van der Waals surface area contributed by atoms with E-state index in [-0.39, 0.29) is 16.9 Å². The maximum Gasteiger partial charge on any atom is 0.340 e. The maximum atomic E-state index is 11.6. The molecule has 0 aliphatic carbocycles. The van der Waals surface area contributed by atoms with E-state index >= 15 is 0 Å². The van der Waals surface area contributed by atoms with Gasteiger partial charge in [0.2, 0.25) is 0 Å². The largest absolute Gasteiger partial charge is 0.508 e. The number of nitrogens with zero attached hydrogens (tertiary/aromatic N) is 1. The minimum absolute atomic E-state index is 0.0583. The number of benzene rings is 2.